The summed E-state index contributed by atoms with van der Waals surface area (Å²) in [5.74, 6) is -1.60. The summed E-state index contributed by atoms with van der Waals surface area (Å²) in [7, 11) is 0. The maximum atomic E-state index is 13.9. The van der Waals surface area contributed by atoms with Gasteiger partial charge in [0.2, 0.25) is 0 Å². The fourth-order valence-electron chi connectivity index (χ4n) is 2.68. The van der Waals surface area contributed by atoms with Crippen molar-refractivity contribution in [2.45, 2.75) is 6.61 Å². The molecule has 0 aliphatic carbocycles. The topological polar surface area (TPSA) is 75.7 Å². The van der Waals surface area contributed by atoms with Crippen molar-refractivity contribution in [3.05, 3.63) is 82.7 Å². The number of carbonyl (C=O) groups is 3. The molecule has 1 aliphatic rings. The fourth-order valence-corrected chi connectivity index (χ4v) is 2.89. The van der Waals surface area contributed by atoms with Crippen LogP contribution in [0.25, 0.3) is 6.08 Å². The third-order valence-electron chi connectivity index (χ3n) is 4.11. The number of nitrogens with one attached hydrogen (secondary N) is 1. The summed E-state index contributed by atoms with van der Waals surface area (Å²) in [6, 6.07) is 10.1. The van der Waals surface area contributed by atoms with Gasteiger partial charge in [0.05, 0.1) is 5.02 Å². The Balaban J connectivity index is 1.81. The molecule has 148 valence electrons. The Bertz CT molecular complexity index is 1010. The Labute approximate surface area is 171 Å². The van der Waals surface area contributed by atoms with Crippen LogP contribution in [0, 0.1) is 5.82 Å². The number of carbonyl (C=O) groups excluding carboxylic acids is 3. The Morgan fingerprint density at radius 3 is 2.66 bits per heavy atom. The SMILES string of the molecule is C=CCN1C(=O)NC(=O)/C(=C/c2cccc(OCc3c(F)cccc3Cl)c2)C1=O. The molecule has 0 unspecified atom stereocenters. The molecule has 29 heavy (non-hydrogen) atoms. The molecule has 0 atom stereocenters. The van der Waals surface area contributed by atoms with Crippen molar-refractivity contribution in [3.8, 4) is 5.75 Å². The van der Waals surface area contributed by atoms with E-state index < -0.39 is 23.7 Å². The molecule has 0 radical (unpaired) electrons. The van der Waals surface area contributed by atoms with E-state index in [0.29, 0.717) is 11.3 Å². The van der Waals surface area contributed by atoms with Gasteiger partial charge in [0, 0.05) is 12.1 Å². The van der Waals surface area contributed by atoms with E-state index in [0.717, 1.165) is 4.90 Å². The summed E-state index contributed by atoms with van der Waals surface area (Å²) in [6.45, 7) is 3.37. The number of hydrogen-bond acceptors (Lipinski definition) is 4. The van der Waals surface area contributed by atoms with Crippen molar-refractivity contribution in [2.24, 2.45) is 0 Å². The van der Waals surface area contributed by atoms with Gasteiger partial charge in [-0.1, -0.05) is 35.9 Å². The predicted octanol–water partition coefficient (Wildman–Crippen LogP) is 3.71. The maximum Gasteiger partial charge on any atom is 0.331 e. The molecule has 2 aromatic carbocycles. The van der Waals surface area contributed by atoms with Crippen molar-refractivity contribution in [1.29, 1.82) is 0 Å². The van der Waals surface area contributed by atoms with Gasteiger partial charge >= 0.3 is 6.03 Å². The summed E-state index contributed by atoms with van der Waals surface area (Å²) in [4.78, 5) is 37.2. The number of hydrogen-bond donors (Lipinski definition) is 1. The summed E-state index contributed by atoms with van der Waals surface area (Å²) in [5, 5.41) is 2.36. The Hall–Kier alpha value is -3.45. The van der Waals surface area contributed by atoms with Gasteiger partial charge in [-0.2, -0.15) is 0 Å². The van der Waals surface area contributed by atoms with Crippen LogP contribution in [0.15, 0.2) is 60.7 Å². The van der Waals surface area contributed by atoms with E-state index in [2.05, 4.69) is 11.9 Å². The van der Waals surface area contributed by atoms with Crippen LogP contribution in [-0.4, -0.2) is 29.3 Å². The van der Waals surface area contributed by atoms with Gasteiger partial charge in [-0.3, -0.25) is 19.8 Å². The molecular formula is C21H16ClFN2O4. The standard InChI is InChI=1S/C21H16ClFN2O4/c1-2-9-25-20(27)15(19(26)24-21(25)28)11-13-5-3-6-14(10-13)29-12-16-17(22)7-4-8-18(16)23/h2-8,10-11H,1,9,12H2,(H,24,26,28)/b15-11-. The molecule has 6 nitrogen and oxygen atoms in total. The molecule has 1 heterocycles. The predicted molar refractivity (Wildman–Crippen MR) is 106 cm³/mol. The van der Waals surface area contributed by atoms with Gasteiger partial charge in [-0.15, -0.1) is 6.58 Å². The number of barbiturate groups is 1. The van der Waals surface area contributed by atoms with E-state index in [1.165, 1.54) is 24.3 Å². The fraction of sp³-hybridized carbons (Fsp3) is 0.0952. The first-order chi connectivity index (χ1) is 13.9. The van der Waals surface area contributed by atoms with Crippen LogP contribution in [0.3, 0.4) is 0 Å². The highest BCUT2D eigenvalue weighted by atomic mass is 35.5. The molecule has 1 fully saturated rings. The van der Waals surface area contributed by atoms with Crippen molar-refractivity contribution in [3.63, 3.8) is 0 Å². The van der Waals surface area contributed by atoms with Crippen LogP contribution >= 0.6 is 11.6 Å². The van der Waals surface area contributed by atoms with Crippen LogP contribution in [0.1, 0.15) is 11.1 Å². The molecule has 0 spiro atoms. The second-order valence-electron chi connectivity index (χ2n) is 6.08. The van der Waals surface area contributed by atoms with Crippen LogP contribution < -0.4 is 10.1 Å². The minimum Gasteiger partial charge on any atom is -0.489 e. The Kier molecular flexibility index (Phi) is 6.09. The van der Waals surface area contributed by atoms with Crippen LogP contribution in [0.5, 0.6) is 5.75 Å². The zero-order valence-corrected chi connectivity index (χ0v) is 15.9. The first kappa shape index (κ1) is 20.3. The number of benzene rings is 2. The summed E-state index contributed by atoms with van der Waals surface area (Å²) < 4.78 is 19.5. The normalized spacial score (nSPS) is 15.4. The molecule has 1 aliphatic heterocycles. The molecule has 0 bridgehead atoms. The highest BCUT2D eigenvalue weighted by Crippen LogP contribution is 2.23. The largest absolute Gasteiger partial charge is 0.489 e. The third kappa shape index (κ3) is 4.52. The van der Waals surface area contributed by atoms with Gasteiger partial charge in [-0.05, 0) is 35.9 Å². The lowest BCUT2D eigenvalue weighted by Gasteiger charge is -2.25. The van der Waals surface area contributed by atoms with Gasteiger partial charge in [0.15, 0.2) is 0 Å². The number of halogens is 2. The summed E-state index contributed by atoms with van der Waals surface area (Å²) >= 11 is 5.99. The van der Waals surface area contributed by atoms with E-state index in [4.69, 9.17) is 16.3 Å². The van der Waals surface area contributed by atoms with Crippen LogP contribution in [0.4, 0.5) is 9.18 Å². The molecule has 8 heteroatoms. The zero-order valence-electron chi connectivity index (χ0n) is 15.2. The van der Waals surface area contributed by atoms with Crippen LogP contribution in [-0.2, 0) is 16.2 Å². The monoisotopic (exact) mass is 414 g/mol. The van der Waals surface area contributed by atoms with Crippen molar-refractivity contribution < 1.29 is 23.5 Å². The minimum absolute atomic E-state index is 0.0260. The average Bonchev–Trinajstić information content (AvgIpc) is 2.68. The van der Waals surface area contributed by atoms with Crippen LogP contribution in [0.2, 0.25) is 5.02 Å². The Morgan fingerprint density at radius 2 is 1.93 bits per heavy atom. The molecule has 1 saturated heterocycles. The number of nitrogens with zero attached hydrogens (tertiary/aromatic N) is 1. The van der Waals surface area contributed by atoms with Crippen molar-refractivity contribution >= 4 is 35.5 Å². The third-order valence-corrected chi connectivity index (χ3v) is 4.47. The number of ether oxygens (including phenoxy) is 1. The van der Waals surface area contributed by atoms with Gasteiger partial charge in [0.25, 0.3) is 11.8 Å². The number of urea groups is 1. The van der Waals surface area contributed by atoms with E-state index in [9.17, 15) is 18.8 Å². The molecule has 3 rings (SSSR count). The van der Waals surface area contributed by atoms with E-state index in [-0.39, 0.29) is 29.3 Å². The highest BCUT2D eigenvalue weighted by Gasteiger charge is 2.34. The maximum absolute atomic E-state index is 13.9. The molecular weight excluding hydrogens is 399 g/mol. The van der Waals surface area contributed by atoms with Crippen molar-refractivity contribution in [1.82, 2.24) is 10.2 Å². The lowest BCUT2D eigenvalue weighted by molar-refractivity contribution is -0.129. The quantitative estimate of drug-likeness (QED) is 0.444. The lowest BCUT2D eigenvalue weighted by Crippen LogP contribution is -2.54. The molecule has 1 N–H and O–H groups in total. The average molecular weight is 415 g/mol. The van der Waals surface area contributed by atoms with E-state index >= 15 is 0 Å². The summed E-state index contributed by atoms with van der Waals surface area (Å²) in [6.07, 6.45) is 2.73. The minimum atomic E-state index is -0.795. The first-order valence-corrected chi connectivity index (χ1v) is 8.94. The molecule has 0 aromatic heterocycles. The number of rotatable bonds is 6. The van der Waals surface area contributed by atoms with Gasteiger partial charge in [-0.25, -0.2) is 9.18 Å². The number of imide groups is 2. The second-order valence-corrected chi connectivity index (χ2v) is 6.49. The molecule has 4 amide bonds. The number of amides is 4. The Morgan fingerprint density at radius 1 is 1.17 bits per heavy atom. The van der Waals surface area contributed by atoms with E-state index in [1.54, 1.807) is 30.3 Å². The van der Waals surface area contributed by atoms with Gasteiger partial charge in [0.1, 0.15) is 23.7 Å². The van der Waals surface area contributed by atoms with Gasteiger partial charge < -0.3 is 4.74 Å². The first-order valence-electron chi connectivity index (χ1n) is 8.56. The lowest BCUT2D eigenvalue weighted by atomic mass is 10.1. The van der Waals surface area contributed by atoms with E-state index in [1.807, 2.05) is 0 Å². The smallest absolute Gasteiger partial charge is 0.331 e. The summed E-state index contributed by atoms with van der Waals surface area (Å²) in [5.41, 5.74) is 0.521. The molecule has 0 saturated carbocycles. The second kappa shape index (κ2) is 8.70. The van der Waals surface area contributed by atoms with Crippen molar-refractivity contribution in [2.75, 3.05) is 6.54 Å². The highest BCUT2D eigenvalue weighted by molar-refractivity contribution is 6.31. The molecule has 2 aromatic rings. The zero-order chi connectivity index (χ0) is 21.0.